The zero-order chi connectivity index (χ0) is 18.5. The topological polar surface area (TPSA) is 58.6 Å². The molecule has 1 heterocycles. The molecular formula is C21H24N2O3. The molecule has 1 fully saturated rings. The van der Waals surface area contributed by atoms with Crippen molar-refractivity contribution >= 4 is 23.2 Å². The number of amides is 2. The Morgan fingerprint density at radius 1 is 1.15 bits per heavy atom. The maximum atomic E-state index is 12.7. The van der Waals surface area contributed by atoms with Crippen LogP contribution >= 0.6 is 0 Å². The third kappa shape index (κ3) is 3.72. The molecule has 0 unspecified atom stereocenters. The van der Waals surface area contributed by atoms with Crippen molar-refractivity contribution in [3.63, 3.8) is 0 Å². The fraction of sp³-hybridized carbons (Fsp3) is 0.333. The zero-order valence-corrected chi connectivity index (χ0v) is 15.2. The predicted molar refractivity (Wildman–Crippen MR) is 103 cm³/mol. The van der Waals surface area contributed by atoms with Crippen molar-refractivity contribution in [3.05, 3.63) is 54.1 Å². The number of carbonyl (C=O) groups is 2. The molecule has 2 aromatic carbocycles. The minimum absolute atomic E-state index is 0.0101. The van der Waals surface area contributed by atoms with Gasteiger partial charge in [-0.25, -0.2) is 0 Å². The number of ether oxygens (including phenoxy) is 1. The first kappa shape index (κ1) is 18.0. The van der Waals surface area contributed by atoms with Crippen LogP contribution in [0.5, 0.6) is 5.75 Å². The standard InChI is InChI=1S/C21H24N2O3/c1-3-15-9-5-7-11-18(15)23-14-16(13-20(23)24)21(25)22-17-10-6-8-12-19(17)26-4-2/h5-12,16H,3-4,13-14H2,1-2H3,(H,22,25)/t16-/m1/s1. The maximum Gasteiger partial charge on any atom is 0.229 e. The summed E-state index contributed by atoms with van der Waals surface area (Å²) in [5.74, 6) is 0.106. The first-order valence-electron chi connectivity index (χ1n) is 9.05. The summed E-state index contributed by atoms with van der Waals surface area (Å²) in [6, 6.07) is 15.2. The number of hydrogen-bond donors (Lipinski definition) is 1. The Morgan fingerprint density at radius 2 is 1.88 bits per heavy atom. The van der Waals surface area contributed by atoms with Gasteiger partial charge in [0.1, 0.15) is 5.75 Å². The molecule has 5 nitrogen and oxygen atoms in total. The van der Waals surface area contributed by atoms with Crippen molar-refractivity contribution in [1.29, 1.82) is 0 Å². The van der Waals surface area contributed by atoms with E-state index in [1.165, 1.54) is 0 Å². The van der Waals surface area contributed by atoms with Crippen LogP contribution in [-0.4, -0.2) is 25.0 Å². The molecule has 2 amide bonds. The monoisotopic (exact) mass is 352 g/mol. The highest BCUT2D eigenvalue weighted by molar-refractivity contribution is 6.04. The van der Waals surface area contributed by atoms with Gasteiger partial charge in [0.25, 0.3) is 0 Å². The molecule has 0 saturated carbocycles. The van der Waals surface area contributed by atoms with Crippen molar-refractivity contribution in [3.8, 4) is 5.75 Å². The van der Waals surface area contributed by atoms with Crippen LogP contribution in [0.2, 0.25) is 0 Å². The van der Waals surface area contributed by atoms with E-state index in [1.807, 2.05) is 55.5 Å². The number of rotatable bonds is 6. The molecule has 3 rings (SSSR count). The summed E-state index contributed by atoms with van der Waals surface area (Å²) in [5, 5.41) is 2.92. The molecule has 0 bridgehead atoms. The van der Waals surface area contributed by atoms with Crippen molar-refractivity contribution < 1.29 is 14.3 Å². The maximum absolute atomic E-state index is 12.7. The van der Waals surface area contributed by atoms with Gasteiger partial charge in [0.05, 0.1) is 18.2 Å². The Bertz CT molecular complexity index is 803. The summed E-state index contributed by atoms with van der Waals surface area (Å²) < 4.78 is 5.55. The molecule has 1 N–H and O–H groups in total. The lowest BCUT2D eigenvalue weighted by atomic mass is 10.1. The van der Waals surface area contributed by atoms with E-state index in [0.29, 0.717) is 24.6 Å². The highest BCUT2D eigenvalue weighted by atomic mass is 16.5. The van der Waals surface area contributed by atoms with Gasteiger partial charge in [-0.05, 0) is 37.1 Å². The third-order valence-electron chi connectivity index (χ3n) is 4.60. The lowest BCUT2D eigenvalue weighted by Gasteiger charge is -2.20. The van der Waals surface area contributed by atoms with E-state index >= 15 is 0 Å². The summed E-state index contributed by atoms with van der Waals surface area (Å²) in [7, 11) is 0. The van der Waals surface area contributed by atoms with Crippen LogP contribution in [-0.2, 0) is 16.0 Å². The van der Waals surface area contributed by atoms with Gasteiger partial charge < -0.3 is 15.0 Å². The van der Waals surface area contributed by atoms with Gasteiger partial charge in [-0.2, -0.15) is 0 Å². The number of nitrogens with one attached hydrogen (secondary N) is 1. The number of benzene rings is 2. The number of carbonyl (C=O) groups excluding carboxylic acids is 2. The first-order valence-corrected chi connectivity index (χ1v) is 9.05. The van der Waals surface area contributed by atoms with Gasteiger partial charge in [0, 0.05) is 18.7 Å². The van der Waals surface area contributed by atoms with Crippen LogP contribution in [0.15, 0.2) is 48.5 Å². The average Bonchev–Trinajstić information content (AvgIpc) is 3.05. The summed E-state index contributed by atoms with van der Waals surface area (Å²) in [5.41, 5.74) is 2.66. The number of para-hydroxylation sites is 3. The minimum atomic E-state index is -0.373. The average molecular weight is 352 g/mol. The minimum Gasteiger partial charge on any atom is -0.492 e. The number of anilines is 2. The van der Waals surface area contributed by atoms with Crippen molar-refractivity contribution in [2.75, 3.05) is 23.4 Å². The molecular weight excluding hydrogens is 328 g/mol. The van der Waals surface area contributed by atoms with Gasteiger partial charge in [-0.1, -0.05) is 37.3 Å². The summed E-state index contributed by atoms with van der Waals surface area (Å²) in [6.45, 7) is 4.89. The van der Waals surface area contributed by atoms with Crippen molar-refractivity contribution in [2.45, 2.75) is 26.7 Å². The van der Waals surface area contributed by atoms with E-state index in [1.54, 1.807) is 4.90 Å². The Balaban J connectivity index is 1.73. The molecule has 26 heavy (non-hydrogen) atoms. The molecule has 0 spiro atoms. The zero-order valence-electron chi connectivity index (χ0n) is 15.2. The van der Waals surface area contributed by atoms with Gasteiger partial charge >= 0.3 is 0 Å². The lowest BCUT2D eigenvalue weighted by molar-refractivity contribution is -0.122. The SMILES string of the molecule is CCOc1ccccc1NC(=O)[C@@H]1CC(=O)N(c2ccccc2CC)C1. The lowest BCUT2D eigenvalue weighted by Crippen LogP contribution is -2.28. The second-order valence-corrected chi connectivity index (χ2v) is 6.31. The number of nitrogens with zero attached hydrogens (tertiary/aromatic N) is 1. The van der Waals surface area contributed by atoms with Crippen LogP contribution in [0.4, 0.5) is 11.4 Å². The number of aryl methyl sites for hydroxylation is 1. The predicted octanol–water partition coefficient (Wildman–Crippen LogP) is 3.64. The molecule has 5 heteroatoms. The molecule has 1 atom stereocenters. The molecule has 1 aliphatic heterocycles. The molecule has 1 saturated heterocycles. The fourth-order valence-electron chi connectivity index (χ4n) is 3.28. The largest absolute Gasteiger partial charge is 0.492 e. The van der Waals surface area contributed by atoms with E-state index < -0.39 is 0 Å². The van der Waals surface area contributed by atoms with Gasteiger partial charge in [-0.15, -0.1) is 0 Å². The highest BCUT2D eigenvalue weighted by Crippen LogP contribution is 2.30. The third-order valence-corrected chi connectivity index (χ3v) is 4.60. The summed E-state index contributed by atoms with van der Waals surface area (Å²) >= 11 is 0. The van der Waals surface area contributed by atoms with Gasteiger partial charge in [0.15, 0.2) is 0 Å². The number of hydrogen-bond acceptors (Lipinski definition) is 3. The second-order valence-electron chi connectivity index (χ2n) is 6.31. The summed E-state index contributed by atoms with van der Waals surface area (Å²) in [4.78, 5) is 26.9. The van der Waals surface area contributed by atoms with Crippen molar-refractivity contribution in [1.82, 2.24) is 0 Å². The van der Waals surface area contributed by atoms with Crippen molar-refractivity contribution in [2.24, 2.45) is 5.92 Å². The van der Waals surface area contributed by atoms with Crippen LogP contribution in [0.1, 0.15) is 25.8 Å². The van der Waals surface area contributed by atoms with E-state index in [-0.39, 0.29) is 24.2 Å². The van der Waals surface area contributed by atoms with Crippen LogP contribution in [0, 0.1) is 5.92 Å². The molecule has 2 aromatic rings. The Labute approximate surface area is 154 Å². The Morgan fingerprint density at radius 3 is 2.65 bits per heavy atom. The van der Waals surface area contributed by atoms with E-state index in [0.717, 1.165) is 17.7 Å². The van der Waals surface area contributed by atoms with Crippen LogP contribution in [0.25, 0.3) is 0 Å². The molecule has 0 radical (unpaired) electrons. The van der Waals surface area contributed by atoms with E-state index in [4.69, 9.17) is 4.74 Å². The highest BCUT2D eigenvalue weighted by Gasteiger charge is 2.36. The molecule has 1 aliphatic rings. The first-order chi connectivity index (χ1) is 12.6. The Hall–Kier alpha value is -2.82. The molecule has 0 aromatic heterocycles. The van der Waals surface area contributed by atoms with Gasteiger partial charge in [0.2, 0.25) is 11.8 Å². The Kier molecular flexibility index (Phi) is 5.56. The van der Waals surface area contributed by atoms with E-state index in [9.17, 15) is 9.59 Å². The quantitative estimate of drug-likeness (QED) is 0.863. The smallest absolute Gasteiger partial charge is 0.229 e. The molecule has 0 aliphatic carbocycles. The molecule has 136 valence electrons. The van der Waals surface area contributed by atoms with Crippen LogP contribution in [0.3, 0.4) is 0 Å². The second kappa shape index (κ2) is 8.04. The van der Waals surface area contributed by atoms with Crippen LogP contribution < -0.4 is 15.0 Å². The van der Waals surface area contributed by atoms with Gasteiger partial charge in [-0.3, -0.25) is 9.59 Å². The normalized spacial score (nSPS) is 16.6. The fourth-order valence-corrected chi connectivity index (χ4v) is 3.28. The summed E-state index contributed by atoms with van der Waals surface area (Å²) in [6.07, 6.45) is 1.07. The van der Waals surface area contributed by atoms with E-state index in [2.05, 4.69) is 12.2 Å².